The lowest BCUT2D eigenvalue weighted by molar-refractivity contribution is -0.124. The fourth-order valence-corrected chi connectivity index (χ4v) is 2.42. The highest BCUT2D eigenvalue weighted by molar-refractivity contribution is 5.76. The van der Waals surface area contributed by atoms with Crippen LogP contribution in [-0.4, -0.2) is 17.4 Å². The molecule has 1 aliphatic rings. The first-order valence-electron chi connectivity index (χ1n) is 6.53. The molecular formula is C14H21N3O. The number of nitrogens with zero attached hydrogens (tertiary/aromatic N) is 1. The maximum atomic E-state index is 11.9. The Bertz CT molecular complexity index is 421. The third-order valence-electron chi connectivity index (χ3n) is 3.80. The highest BCUT2D eigenvalue weighted by Crippen LogP contribution is 2.42. The summed E-state index contributed by atoms with van der Waals surface area (Å²) >= 11 is 0. The number of aromatic nitrogens is 1. The molecule has 1 aliphatic carbocycles. The first-order chi connectivity index (χ1) is 8.63. The zero-order valence-electron chi connectivity index (χ0n) is 10.9. The molecule has 0 spiro atoms. The molecule has 1 aromatic rings. The van der Waals surface area contributed by atoms with Crippen LogP contribution in [0.25, 0.3) is 0 Å². The Morgan fingerprint density at radius 2 is 2.28 bits per heavy atom. The summed E-state index contributed by atoms with van der Waals surface area (Å²) in [7, 11) is 0. The van der Waals surface area contributed by atoms with E-state index < -0.39 is 0 Å². The van der Waals surface area contributed by atoms with Gasteiger partial charge in [-0.05, 0) is 43.9 Å². The molecule has 0 radical (unpaired) electrons. The van der Waals surface area contributed by atoms with Crippen molar-refractivity contribution in [2.75, 3.05) is 6.54 Å². The highest BCUT2D eigenvalue weighted by Gasteiger charge is 2.37. The number of pyridine rings is 1. The Morgan fingerprint density at radius 3 is 2.83 bits per heavy atom. The summed E-state index contributed by atoms with van der Waals surface area (Å²) in [6.07, 6.45) is 3.92. The number of nitrogens with one attached hydrogen (secondary N) is 1. The fourth-order valence-electron chi connectivity index (χ4n) is 2.42. The minimum atomic E-state index is 0.0735. The maximum Gasteiger partial charge on any atom is 0.220 e. The molecule has 18 heavy (non-hydrogen) atoms. The van der Waals surface area contributed by atoms with E-state index >= 15 is 0 Å². The fraction of sp³-hybridized carbons (Fsp3) is 0.571. The van der Waals surface area contributed by atoms with Gasteiger partial charge in [0.2, 0.25) is 5.91 Å². The normalized spacial score (nSPS) is 17.0. The van der Waals surface area contributed by atoms with Gasteiger partial charge in [0, 0.05) is 12.1 Å². The quantitative estimate of drug-likeness (QED) is 0.829. The van der Waals surface area contributed by atoms with Crippen molar-refractivity contribution in [2.24, 2.45) is 11.1 Å². The Kier molecular flexibility index (Phi) is 3.97. The summed E-state index contributed by atoms with van der Waals surface area (Å²) in [5.74, 6) is 0.0865. The van der Waals surface area contributed by atoms with Crippen LogP contribution in [-0.2, 0) is 11.3 Å². The van der Waals surface area contributed by atoms with Crippen molar-refractivity contribution in [2.45, 2.75) is 39.2 Å². The summed E-state index contributed by atoms with van der Waals surface area (Å²) in [6.45, 7) is 3.06. The smallest absolute Gasteiger partial charge is 0.220 e. The molecule has 1 saturated carbocycles. The molecule has 0 atom stereocenters. The van der Waals surface area contributed by atoms with Crippen molar-refractivity contribution in [3.63, 3.8) is 0 Å². The molecule has 4 heteroatoms. The predicted molar refractivity (Wildman–Crippen MR) is 70.8 cm³/mol. The number of hydrogen-bond donors (Lipinski definition) is 2. The Labute approximate surface area is 108 Å². The van der Waals surface area contributed by atoms with Gasteiger partial charge in [0.25, 0.3) is 0 Å². The van der Waals surface area contributed by atoms with Crippen LogP contribution in [0, 0.1) is 12.3 Å². The van der Waals surface area contributed by atoms with Crippen molar-refractivity contribution in [1.29, 1.82) is 0 Å². The zero-order chi connectivity index (χ0) is 13.0. The molecule has 98 valence electrons. The second-order valence-electron chi connectivity index (χ2n) is 5.28. The zero-order valence-corrected chi connectivity index (χ0v) is 10.9. The number of rotatable bonds is 5. The van der Waals surface area contributed by atoms with Gasteiger partial charge in [0.1, 0.15) is 0 Å². The van der Waals surface area contributed by atoms with Gasteiger partial charge in [-0.2, -0.15) is 0 Å². The molecule has 0 unspecified atom stereocenters. The second kappa shape index (κ2) is 5.48. The molecule has 1 aromatic heterocycles. The lowest BCUT2D eigenvalue weighted by atomic mass is 9.66. The van der Waals surface area contributed by atoms with Crippen LogP contribution in [0.4, 0.5) is 0 Å². The van der Waals surface area contributed by atoms with Gasteiger partial charge in [-0.25, -0.2) is 0 Å². The van der Waals surface area contributed by atoms with Crippen molar-refractivity contribution in [3.8, 4) is 0 Å². The molecule has 2 rings (SSSR count). The Balaban J connectivity index is 1.81. The van der Waals surface area contributed by atoms with E-state index in [9.17, 15) is 4.79 Å². The largest absolute Gasteiger partial charge is 0.350 e. The third-order valence-corrected chi connectivity index (χ3v) is 3.80. The van der Waals surface area contributed by atoms with E-state index in [-0.39, 0.29) is 11.3 Å². The summed E-state index contributed by atoms with van der Waals surface area (Å²) in [5, 5.41) is 2.93. The number of hydrogen-bond acceptors (Lipinski definition) is 3. The molecular weight excluding hydrogens is 226 g/mol. The molecule has 1 heterocycles. The third kappa shape index (κ3) is 3.07. The van der Waals surface area contributed by atoms with Crippen LogP contribution < -0.4 is 11.1 Å². The van der Waals surface area contributed by atoms with Gasteiger partial charge in [-0.15, -0.1) is 0 Å². The predicted octanol–water partition coefficient (Wildman–Crippen LogP) is 1.53. The van der Waals surface area contributed by atoms with Crippen molar-refractivity contribution in [3.05, 3.63) is 29.6 Å². The van der Waals surface area contributed by atoms with Crippen LogP contribution in [0.2, 0.25) is 0 Å². The number of nitrogens with two attached hydrogens (primary N) is 1. The van der Waals surface area contributed by atoms with Crippen molar-refractivity contribution < 1.29 is 4.79 Å². The van der Waals surface area contributed by atoms with Crippen LogP contribution in [0.1, 0.15) is 37.1 Å². The summed E-state index contributed by atoms with van der Waals surface area (Å²) in [5.41, 5.74) is 7.70. The van der Waals surface area contributed by atoms with Crippen LogP contribution in [0.15, 0.2) is 18.2 Å². The van der Waals surface area contributed by atoms with Gasteiger partial charge in [-0.1, -0.05) is 12.5 Å². The van der Waals surface area contributed by atoms with Gasteiger partial charge in [0.05, 0.1) is 12.2 Å². The SMILES string of the molecule is Cc1cccc(CNC(=O)CC2(CN)CCC2)n1. The first kappa shape index (κ1) is 13.0. The van der Waals surface area contributed by atoms with E-state index in [2.05, 4.69) is 10.3 Å². The van der Waals surface area contributed by atoms with Crippen molar-refractivity contribution >= 4 is 5.91 Å². The van der Waals surface area contributed by atoms with E-state index in [0.29, 0.717) is 19.5 Å². The van der Waals surface area contributed by atoms with Crippen LogP contribution >= 0.6 is 0 Å². The summed E-state index contributed by atoms with van der Waals surface area (Å²) in [4.78, 5) is 16.2. The van der Waals surface area contributed by atoms with E-state index in [1.165, 1.54) is 6.42 Å². The van der Waals surface area contributed by atoms with Gasteiger partial charge in [0.15, 0.2) is 0 Å². The molecule has 0 aromatic carbocycles. The van der Waals surface area contributed by atoms with Crippen LogP contribution in [0.5, 0.6) is 0 Å². The Morgan fingerprint density at radius 1 is 1.50 bits per heavy atom. The second-order valence-corrected chi connectivity index (χ2v) is 5.28. The molecule has 4 nitrogen and oxygen atoms in total. The first-order valence-corrected chi connectivity index (χ1v) is 6.53. The average Bonchev–Trinajstić information content (AvgIpc) is 2.31. The minimum absolute atomic E-state index is 0.0735. The molecule has 0 bridgehead atoms. The van der Waals surface area contributed by atoms with Gasteiger partial charge in [-0.3, -0.25) is 9.78 Å². The topological polar surface area (TPSA) is 68.0 Å². The van der Waals surface area contributed by atoms with E-state index in [0.717, 1.165) is 24.2 Å². The molecule has 3 N–H and O–H groups in total. The van der Waals surface area contributed by atoms with E-state index in [4.69, 9.17) is 5.73 Å². The monoisotopic (exact) mass is 247 g/mol. The number of carbonyl (C=O) groups excluding carboxylic acids is 1. The molecule has 0 saturated heterocycles. The maximum absolute atomic E-state index is 11.9. The molecule has 1 amide bonds. The lowest BCUT2D eigenvalue weighted by Crippen LogP contribution is -2.41. The number of amides is 1. The molecule has 0 aliphatic heterocycles. The van der Waals surface area contributed by atoms with Gasteiger partial charge < -0.3 is 11.1 Å². The van der Waals surface area contributed by atoms with Gasteiger partial charge >= 0.3 is 0 Å². The average molecular weight is 247 g/mol. The highest BCUT2D eigenvalue weighted by atomic mass is 16.1. The van der Waals surface area contributed by atoms with Crippen LogP contribution in [0.3, 0.4) is 0 Å². The van der Waals surface area contributed by atoms with Crippen molar-refractivity contribution in [1.82, 2.24) is 10.3 Å². The number of aryl methyl sites for hydroxylation is 1. The number of carbonyl (C=O) groups is 1. The Hall–Kier alpha value is -1.42. The summed E-state index contributed by atoms with van der Waals surface area (Å²) in [6, 6.07) is 5.83. The minimum Gasteiger partial charge on any atom is -0.350 e. The van der Waals surface area contributed by atoms with E-state index in [1.54, 1.807) is 0 Å². The summed E-state index contributed by atoms with van der Waals surface area (Å²) < 4.78 is 0. The molecule has 1 fully saturated rings. The van der Waals surface area contributed by atoms with E-state index in [1.807, 2.05) is 25.1 Å². The standard InChI is InChI=1S/C14H21N3O/c1-11-4-2-5-12(17-11)9-16-13(18)8-14(10-15)6-3-7-14/h2,4-5H,3,6-10,15H2,1H3,(H,16,18). The lowest BCUT2D eigenvalue weighted by Gasteiger charge is -2.40.